The molecule has 5 aromatic rings. The van der Waals surface area contributed by atoms with Gasteiger partial charge in [-0.15, -0.1) is 11.3 Å². The van der Waals surface area contributed by atoms with Crippen molar-refractivity contribution in [2.24, 2.45) is 0 Å². The van der Waals surface area contributed by atoms with Crippen LogP contribution in [-0.4, -0.2) is 98.8 Å². The molecule has 2 aliphatic heterocycles. The number of piperazine rings is 1. The minimum absolute atomic E-state index is 0.00511. The molecule has 16 nitrogen and oxygen atoms in total. The van der Waals surface area contributed by atoms with Crippen LogP contribution in [-0.2, 0) is 15.1 Å². The van der Waals surface area contributed by atoms with Crippen LogP contribution < -0.4 is 31.5 Å². The average molecular weight is 833 g/mol. The zero-order chi connectivity index (χ0) is 41.6. The van der Waals surface area contributed by atoms with Crippen LogP contribution in [0.5, 0.6) is 0 Å². The summed E-state index contributed by atoms with van der Waals surface area (Å²) in [5.41, 5.74) is 4.01. The fourth-order valence-electron chi connectivity index (χ4n) is 8.41. The Morgan fingerprint density at radius 2 is 1.70 bits per heavy atom. The summed E-state index contributed by atoms with van der Waals surface area (Å²) >= 11 is 1.42. The quantitative estimate of drug-likeness (QED) is 0.0859. The van der Waals surface area contributed by atoms with E-state index in [-0.39, 0.29) is 29.2 Å². The minimum atomic E-state index is -0.322. The van der Waals surface area contributed by atoms with Gasteiger partial charge in [0.05, 0.1) is 40.9 Å². The second kappa shape index (κ2) is 18.1. The van der Waals surface area contributed by atoms with Gasteiger partial charge < -0.3 is 30.7 Å². The maximum absolute atomic E-state index is 12.9. The normalized spacial score (nSPS) is 16.3. The van der Waals surface area contributed by atoms with Gasteiger partial charge in [-0.25, -0.2) is 15.0 Å². The summed E-state index contributed by atoms with van der Waals surface area (Å²) in [5.74, 6) is 0.520. The zero-order valence-corrected chi connectivity index (χ0v) is 35.0. The van der Waals surface area contributed by atoms with Crippen molar-refractivity contribution in [2.75, 3.05) is 66.7 Å². The maximum atomic E-state index is 12.9. The predicted octanol–water partition coefficient (Wildman–Crippen LogP) is 5.74. The van der Waals surface area contributed by atoms with E-state index in [2.05, 4.69) is 55.9 Å². The molecule has 1 saturated carbocycles. The van der Waals surface area contributed by atoms with E-state index in [1.165, 1.54) is 17.8 Å². The van der Waals surface area contributed by atoms with Crippen molar-refractivity contribution >= 4 is 74.3 Å². The highest BCUT2D eigenvalue weighted by molar-refractivity contribution is 7.15. The van der Waals surface area contributed by atoms with Crippen LogP contribution in [0.25, 0.3) is 11.0 Å². The molecule has 314 valence electrons. The molecular formula is C43H52N12O4S. The molecule has 1 spiro atoms. The van der Waals surface area contributed by atoms with Crippen molar-refractivity contribution in [1.82, 2.24) is 40.0 Å². The number of nitrogens with one attached hydrogen (secondary N) is 5. The molecule has 1 aromatic carbocycles. The van der Waals surface area contributed by atoms with Gasteiger partial charge in [0.2, 0.25) is 17.8 Å². The third-order valence-electron chi connectivity index (χ3n) is 11.8. The van der Waals surface area contributed by atoms with Crippen LogP contribution in [0.2, 0.25) is 0 Å². The molecule has 0 unspecified atom stereocenters. The molecule has 8 rings (SSSR count). The topological polar surface area (TPSA) is 191 Å². The Balaban J connectivity index is 0.731. The molecule has 4 aromatic heterocycles. The van der Waals surface area contributed by atoms with Crippen LogP contribution in [0.15, 0.2) is 54.9 Å². The van der Waals surface area contributed by atoms with Crippen LogP contribution >= 0.6 is 11.3 Å². The number of anilines is 5. The number of unbranched alkanes of at least 4 members (excludes halogenated alkanes) is 2. The highest BCUT2D eigenvalue weighted by atomic mass is 32.1. The molecule has 0 bridgehead atoms. The third kappa shape index (κ3) is 9.26. The van der Waals surface area contributed by atoms with Crippen LogP contribution in [0.4, 0.5) is 28.3 Å². The van der Waals surface area contributed by atoms with Gasteiger partial charge in [-0.3, -0.25) is 29.4 Å². The lowest BCUT2D eigenvalue weighted by Crippen LogP contribution is -2.52. The first-order valence-corrected chi connectivity index (χ1v) is 21.7. The number of rotatable bonds is 14. The van der Waals surface area contributed by atoms with E-state index in [0.717, 1.165) is 92.0 Å². The minimum Gasteiger partial charge on any atom is -0.368 e. The molecule has 4 amide bonds. The largest absolute Gasteiger partial charge is 0.368 e. The number of nitrogens with zero attached hydrogens (tertiary/aromatic N) is 7. The number of carbonyl (C=O) groups is 4. The van der Waals surface area contributed by atoms with Crippen molar-refractivity contribution in [2.45, 2.75) is 77.2 Å². The number of aromatic nitrogens is 5. The van der Waals surface area contributed by atoms with Gasteiger partial charge in [-0.1, -0.05) is 37.8 Å². The first-order chi connectivity index (χ1) is 29.1. The standard InChI is InChI=1S/C43H52N12O4S/c1-28-29(2)60-42(48-28)52-39(58)32-11-6-7-12-33(32)49-36(56)13-5-3-10-18-44-37(57)26-53-19-21-54(22-20-53)31-14-15-35(45-25-31)50-41-46-24-30-23-34-40(59)47-27-43(16-8-4-9-17-43)55(34)38(30)51-41/h6-7,11-12,14-15,23-25H,3-5,8-10,13,16-22,26-27H2,1-2H3,(H,44,57)(H,47,59)(H,49,56)(H,48,52,58)(H,45,46,50,51). The summed E-state index contributed by atoms with van der Waals surface area (Å²) in [6.45, 7) is 8.44. The van der Waals surface area contributed by atoms with Crippen molar-refractivity contribution in [3.8, 4) is 0 Å². The van der Waals surface area contributed by atoms with E-state index < -0.39 is 0 Å². The molecule has 5 N–H and O–H groups in total. The Labute approximate surface area is 353 Å². The van der Waals surface area contributed by atoms with Crippen LogP contribution in [0, 0.1) is 13.8 Å². The number of hydrogen-bond acceptors (Lipinski definition) is 12. The molecule has 17 heteroatoms. The summed E-state index contributed by atoms with van der Waals surface area (Å²) in [6.07, 6.45) is 11.7. The molecule has 3 aliphatic rings. The Kier molecular flexibility index (Phi) is 12.3. The Hall–Kier alpha value is -5.94. The Bertz CT molecular complexity index is 2340. The average Bonchev–Trinajstić information content (AvgIpc) is 3.80. The van der Waals surface area contributed by atoms with Gasteiger partial charge in [0, 0.05) is 62.1 Å². The van der Waals surface area contributed by atoms with Gasteiger partial charge in [0.15, 0.2) is 5.13 Å². The third-order valence-corrected chi connectivity index (χ3v) is 12.8. The smallest absolute Gasteiger partial charge is 0.268 e. The number of carbonyl (C=O) groups excluding carboxylic acids is 4. The molecule has 0 radical (unpaired) electrons. The second-order valence-corrected chi connectivity index (χ2v) is 17.2. The van der Waals surface area contributed by atoms with E-state index in [0.29, 0.717) is 66.3 Å². The Morgan fingerprint density at radius 1 is 0.883 bits per heavy atom. The monoisotopic (exact) mass is 832 g/mol. The number of thiazole rings is 1. The van der Waals surface area contributed by atoms with E-state index in [9.17, 15) is 19.2 Å². The van der Waals surface area contributed by atoms with E-state index >= 15 is 0 Å². The van der Waals surface area contributed by atoms with Gasteiger partial charge in [0.25, 0.3) is 11.8 Å². The first kappa shape index (κ1) is 40.8. The molecule has 0 atom stereocenters. The van der Waals surface area contributed by atoms with Gasteiger partial charge in [-0.05, 0) is 69.9 Å². The van der Waals surface area contributed by atoms with Crippen molar-refractivity contribution in [3.05, 3.63) is 76.7 Å². The number of amides is 4. The lowest BCUT2D eigenvalue weighted by atomic mass is 9.80. The number of para-hydroxylation sites is 1. The second-order valence-electron chi connectivity index (χ2n) is 16.0. The summed E-state index contributed by atoms with van der Waals surface area (Å²) in [6, 6.07) is 12.8. The number of pyridine rings is 1. The lowest BCUT2D eigenvalue weighted by molar-refractivity contribution is -0.122. The zero-order valence-electron chi connectivity index (χ0n) is 34.2. The number of aryl methyl sites for hydroxylation is 2. The first-order valence-electron chi connectivity index (χ1n) is 20.9. The van der Waals surface area contributed by atoms with E-state index in [1.807, 2.05) is 38.2 Å². The summed E-state index contributed by atoms with van der Waals surface area (Å²) in [5, 5.41) is 16.5. The molecular weight excluding hydrogens is 781 g/mol. The fourth-order valence-corrected chi connectivity index (χ4v) is 9.22. The molecule has 1 aliphatic carbocycles. The molecule has 1 saturated heterocycles. The summed E-state index contributed by atoms with van der Waals surface area (Å²) in [4.78, 5) is 75.1. The molecule has 2 fully saturated rings. The number of benzene rings is 1. The van der Waals surface area contributed by atoms with Gasteiger partial charge in [-0.2, -0.15) is 4.98 Å². The molecule has 6 heterocycles. The lowest BCUT2D eigenvalue weighted by Gasteiger charge is -2.42. The number of hydrogen-bond donors (Lipinski definition) is 5. The van der Waals surface area contributed by atoms with Crippen LogP contribution in [0.3, 0.4) is 0 Å². The van der Waals surface area contributed by atoms with Gasteiger partial charge >= 0.3 is 0 Å². The van der Waals surface area contributed by atoms with Crippen molar-refractivity contribution in [3.63, 3.8) is 0 Å². The van der Waals surface area contributed by atoms with E-state index in [4.69, 9.17) is 4.98 Å². The summed E-state index contributed by atoms with van der Waals surface area (Å²) in [7, 11) is 0. The van der Waals surface area contributed by atoms with E-state index in [1.54, 1.807) is 30.5 Å². The van der Waals surface area contributed by atoms with Gasteiger partial charge in [0.1, 0.15) is 17.2 Å². The SMILES string of the molecule is Cc1nc(NC(=O)c2ccccc2NC(=O)CCCCCNC(=O)CN2CCN(c3ccc(Nc4ncc5cc6n(c5n4)C4(CCCCC4)CNC6=O)nc3)CC2)sc1C. The predicted molar refractivity (Wildman–Crippen MR) is 233 cm³/mol. The van der Waals surface area contributed by atoms with Crippen molar-refractivity contribution < 1.29 is 19.2 Å². The summed E-state index contributed by atoms with van der Waals surface area (Å²) < 4.78 is 2.17. The molecule has 60 heavy (non-hydrogen) atoms. The number of fused-ring (bicyclic) bond motifs is 4. The van der Waals surface area contributed by atoms with Crippen molar-refractivity contribution in [1.29, 1.82) is 0 Å². The maximum Gasteiger partial charge on any atom is 0.268 e. The highest BCUT2D eigenvalue weighted by Gasteiger charge is 2.41. The fraction of sp³-hybridized carbons (Fsp3) is 0.442. The van der Waals surface area contributed by atoms with Crippen LogP contribution in [0.1, 0.15) is 89.2 Å². The highest BCUT2D eigenvalue weighted by Crippen LogP contribution is 2.40. The Morgan fingerprint density at radius 3 is 2.47 bits per heavy atom.